The van der Waals surface area contributed by atoms with Gasteiger partial charge in [-0.3, -0.25) is 19.8 Å². The largest absolute Gasteiger partial charge is 0.508 e. The number of piperidine rings is 1. The number of aromatic hydroxyl groups is 2. The van der Waals surface area contributed by atoms with Gasteiger partial charge in [-0.2, -0.15) is 0 Å². The Hall–Kier alpha value is -4.79. The maximum absolute atomic E-state index is 12.1. The zero-order valence-electron chi connectivity index (χ0n) is 26.2. The van der Waals surface area contributed by atoms with E-state index in [4.69, 9.17) is 11.6 Å². The van der Waals surface area contributed by atoms with E-state index in [0.29, 0.717) is 25.1 Å². The fourth-order valence-electron chi connectivity index (χ4n) is 6.31. The molecule has 8 nitrogen and oxygen atoms in total. The first kappa shape index (κ1) is 32.2. The molecule has 0 spiro atoms. The Kier molecular flexibility index (Phi) is 10.1. The molecule has 4 N–H and O–H groups in total. The molecule has 2 saturated heterocycles. The molecular formula is C38H39ClN4O4. The lowest BCUT2D eigenvalue weighted by atomic mass is 9.88. The number of anilines is 2. The van der Waals surface area contributed by atoms with Crippen LogP contribution >= 0.6 is 11.6 Å². The minimum Gasteiger partial charge on any atom is -0.508 e. The highest BCUT2D eigenvalue weighted by Gasteiger charge is 2.26. The van der Waals surface area contributed by atoms with E-state index in [1.807, 2.05) is 36.4 Å². The van der Waals surface area contributed by atoms with Gasteiger partial charge < -0.3 is 20.4 Å². The summed E-state index contributed by atoms with van der Waals surface area (Å²) in [5, 5.41) is 25.5. The fourth-order valence-corrected chi connectivity index (χ4v) is 6.50. The van der Waals surface area contributed by atoms with E-state index in [9.17, 15) is 19.8 Å². The number of phenols is 2. The van der Waals surface area contributed by atoms with Crippen LogP contribution in [0, 0.1) is 0 Å². The molecule has 2 amide bonds. The molecule has 6 rings (SSSR count). The maximum atomic E-state index is 12.1. The number of benzene rings is 4. The molecule has 2 fully saturated rings. The summed E-state index contributed by atoms with van der Waals surface area (Å²) in [5.41, 5.74) is 8.42. The first-order chi connectivity index (χ1) is 22.9. The van der Waals surface area contributed by atoms with Crippen LogP contribution in [0.15, 0.2) is 97.1 Å². The van der Waals surface area contributed by atoms with Crippen LogP contribution in [0.4, 0.5) is 11.4 Å². The van der Waals surface area contributed by atoms with Gasteiger partial charge in [0, 0.05) is 56.4 Å². The van der Waals surface area contributed by atoms with Gasteiger partial charge in [0.05, 0.1) is 0 Å². The molecule has 47 heavy (non-hydrogen) atoms. The third-order valence-corrected chi connectivity index (χ3v) is 9.04. The maximum Gasteiger partial charge on any atom is 0.249 e. The second kappa shape index (κ2) is 14.8. The van der Waals surface area contributed by atoms with Crippen molar-refractivity contribution in [3.05, 3.63) is 119 Å². The zero-order chi connectivity index (χ0) is 32.8. The van der Waals surface area contributed by atoms with Crippen molar-refractivity contribution in [3.8, 4) is 11.5 Å². The van der Waals surface area contributed by atoms with Crippen LogP contribution in [0.5, 0.6) is 11.5 Å². The SMILES string of the molecule is O=C1CCC(Nc2ccc(CN3CCN(c4ccc(C(=C(CCCl)c5ccc(O)cc5)c5ccc(O)cc5)cc4)CC3)cc2)C(=O)N1. The molecule has 242 valence electrons. The van der Waals surface area contributed by atoms with E-state index in [0.717, 1.165) is 66.2 Å². The summed E-state index contributed by atoms with van der Waals surface area (Å²) in [7, 11) is 0. The Bertz CT molecular complexity index is 1710. The lowest BCUT2D eigenvalue weighted by molar-refractivity contribution is -0.133. The molecule has 0 radical (unpaired) electrons. The molecule has 4 aromatic carbocycles. The summed E-state index contributed by atoms with van der Waals surface area (Å²) in [4.78, 5) is 28.3. The molecule has 2 aliphatic heterocycles. The monoisotopic (exact) mass is 650 g/mol. The van der Waals surface area contributed by atoms with Gasteiger partial charge in [0.25, 0.3) is 0 Å². The topological polar surface area (TPSA) is 105 Å². The summed E-state index contributed by atoms with van der Waals surface area (Å²) >= 11 is 6.30. The number of phenolic OH excluding ortho intramolecular Hbond substituents is 2. The van der Waals surface area contributed by atoms with E-state index in [1.54, 1.807) is 24.3 Å². The van der Waals surface area contributed by atoms with Crippen LogP contribution in [0.1, 0.15) is 41.5 Å². The number of halogens is 1. The van der Waals surface area contributed by atoms with Crippen LogP contribution in [0.25, 0.3) is 11.1 Å². The number of rotatable bonds is 10. The number of alkyl halides is 1. The molecule has 2 aliphatic rings. The van der Waals surface area contributed by atoms with Gasteiger partial charge in [-0.25, -0.2) is 0 Å². The van der Waals surface area contributed by atoms with Crippen LogP contribution in [0.3, 0.4) is 0 Å². The third-order valence-electron chi connectivity index (χ3n) is 8.85. The van der Waals surface area contributed by atoms with Crippen LogP contribution in [-0.4, -0.2) is 65.0 Å². The minimum absolute atomic E-state index is 0.212. The van der Waals surface area contributed by atoms with E-state index in [-0.39, 0.29) is 29.4 Å². The molecule has 9 heteroatoms. The van der Waals surface area contributed by atoms with Crippen molar-refractivity contribution in [3.63, 3.8) is 0 Å². The average molecular weight is 651 g/mol. The number of amides is 2. The van der Waals surface area contributed by atoms with Crippen LogP contribution in [0.2, 0.25) is 0 Å². The van der Waals surface area contributed by atoms with Gasteiger partial charge >= 0.3 is 0 Å². The summed E-state index contributed by atoms with van der Waals surface area (Å²) < 4.78 is 0. The molecule has 0 aliphatic carbocycles. The van der Waals surface area contributed by atoms with Crippen molar-refractivity contribution in [2.75, 3.05) is 42.3 Å². The van der Waals surface area contributed by atoms with Crippen molar-refractivity contribution in [2.24, 2.45) is 0 Å². The van der Waals surface area contributed by atoms with E-state index in [2.05, 4.69) is 56.8 Å². The van der Waals surface area contributed by atoms with Gasteiger partial charge in [-0.05, 0) is 94.8 Å². The summed E-state index contributed by atoms with van der Waals surface area (Å²) in [6.45, 7) is 4.57. The van der Waals surface area contributed by atoms with Crippen molar-refractivity contribution >= 4 is 45.9 Å². The standard InChI is InChI=1S/C38H39ClN4O4/c39-20-19-34(27-5-13-32(44)14-6-27)37(29-7-15-33(45)16-8-29)28-3-11-31(12-4-28)43-23-21-42(22-24-43)25-26-1-9-30(10-2-26)40-35-17-18-36(46)41-38(35)47/h1-16,35,40,44-45H,17-25H2,(H,41,46,47). The van der Waals surface area contributed by atoms with Gasteiger partial charge in [0.2, 0.25) is 11.8 Å². The Morgan fingerprint density at radius 2 is 1.34 bits per heavy atom. The number of carbonyl (C=O) groups excluding carboxylic acids is 2. The van der Waals surface area contributed by atoms with Gasteiger partial charge in [0.15, 0.2) is 0 Å². The fraction of sp³-hybridized carbons (Fsp3) is 0.263. The number of carbonyl (C=O) groups is 2. The molecular weight excluding hydrogens is 612 g/mol. The quantitative estimate of drug-likeness (QED) is 0.0917. The Morgan fingerprint density at radius 3 is 1.91 bits per heavy atom. The Labute approximate surface area is 280 Å². The van der Waals surface area contributed by atoms with Crippen LogP contribution < -0.4 is 15.5 Å². The highest BCUT2D eigenvalue weighted by Crippen LogP contribution is 2.36. The Balaban J connectivity index is 1.11. The molecule has 0 bridgehead atoms. The number of imide groups is 1. The smallest absolute Gasteiger partial charge is 0.249 e. The molecule has 1 atom stereocenters. The number of hydrogen-bond donors (Lipinski definition) is 4. The second-order valence-electron chi connectivity index (χ2n) is 12.0. The summed E-state index contributed by atoms with van der Waals surface area (Å²) in [6, 6.07) is 30.9. The third kappa shape index (κ3) is 7.96. The number of allylic oxidation sites excluding steroid dienone is 1. The van der Waals surface area contributed by atoms with Gasteiger partial charge in [-0.15, -0.1) is 11.6 Å². The minimum atomic E-state index is -0.386. The molecule has 2 heterocycles. The first-order valence-electron chi connectivity index (χ1n) is 16.0. The number of piperazine rings is 1. The van der Waals surface area contributed by atoms with E-state index < -0.39 is 0 Å². The van der Waals surface area contributed by atoms with Crippen molar-refractivity contribution in [2.45, 2.75) is 31.8 Å². The number of nitrogens with one attached hydrogen (secondary N) is 2. The first-order valence-corrected chi connectivity index (χ1v) is 16.5. The lowest BCUT2D eigenvalue weighted by Crippen LogP contribution is -2.47. The lowest BCUT2D eigenvalue weighted by Gasteiger charge is -2.36. The Morgan fingerprint density at radius 1 is 0.766 bits per heavy atom. The molecule has 4 aromatic rings. The van der Waals surface area contributed by atoms with Gasteiger partial charge in [-0.1, -0.05) is 48.5 Å². The number of nitrogens with zero attached hydrogens (tertiary/aromatic N) is 2. The van der Waals surface area contributed by atoms with E-state index >= 15 is 0 Å². The predicted molar refractivity (Wildman–Crippen MR) is 188 cm³/mol. The van der Waals surface area contributed by atoms with E-state index in [1.165, 1.54) is 11.3 Å². The summed E-state index contributed by atoms with van der Waals surface area (Å²) in [5.74, 6) is 0.397. The number of hydrogen-bond acceptors (Lipinski definition) is 7. The summed E-state index contributed by atoms with van der Waals surface area (Å²) in [6.07, 6.45) is 1.50. The van der Waals surface area contributed by atoms with Crippen molar-refractivity contribution < 1.29 is 19.8 Å². The average Bonchev–Trinajstić information content (AvgIpc) is 3.08. The zero-order valence-corrected chi connectivity index (χ0v) is 26.9. The second-order valence-corrected chi connectivity index (χ2v) is 12.4. The van der Waals surface area contributed by atoms with Gasteiger partial charge in [0.1, 0.15) is 17.5 Å². The molecule has 0 aromatic heterocycles. The normalized spacial score (nSPS) is 17.6. The highest BCUT2D eigenvalue weighted by atomic mass is 35.5. The van der Waals surface area contributed by atoms with Crippen molar-refractivity contribution in [1.29, 1.82) is 0 Å². The van der Waals surface area contributed by atoms with Crippen molar-refractivity contribution in [1.82, 2.24) is 10.2 Å². The van der Waals surface area contributed by atoms with Crippen LogP contribution in [-0.2, 0) is 16.1 Å². The highest BCUT2D eigenvalue weighted by molar-refractivity contribution is 6.18. The molecule has 0 saturated carbocycles. The predicted octanol–water partition coefficient (Wildman–Crippen LogP) is 6.23. The molecule has 1 unspecified atom stereocenters.